The number of anilines is 2. The van der Waals surface area contributed by atoms with Crippen molar-refractivity contribution in [1.29, 1.82) is 0 Å². The van der Waals surface area contributed by atoms with Gasteiger partial charge in [-0.2, -0.15) is 0 Å². The quantitative estimate of drug-likeness (QED) is 0.295. The molecule has 0 aromatic heterocycles. The largest absolute Gasteiger partial charge is 0.423 e. The molecule has 2 N–H and O–H groups in total. The number of benzene rings is 3. The molecule has 28 heavy (non-hydrogen) atoms. The van der Waals surface area contributed by atoms with Crippen molar-refractivity contribution in [1.82, 2.24) is 0 Å². The summed E-state index contributed by atoms with van der Waals surface area (Å²) in [5.41, 5.74) is 1.26. The highest BCUT2D eigenvalue weighted by atomic mass is 16.6. The molecule has 0 atom stereocenters. The Labute approximate surface area is 159 Å². The van der Waals surface area contributed by atoms with E-state index >= 15 is 0 Å². The number of carbonyl (C=O) groups excluding carboxylic acids is 2. The summed E-state index contributed by atoms with van der Waals surface area (Å²) in [6.07, 6.45) is 0. The lowest BCUT2D eigenvalue weighted by molar-refractivity contribution is -0.384. The van der Waals surface area contributed by atoms with Gasteiger partial charge in [0.25, 0.3) is 5.69 Å². The maximum atomic E-state index is 12.1. The highest BCUT2D eigenvalue weighted by Crippen LogP contribution is 2.19. The second kappa shape index (κ2) is 8.45. The molecule has 0 saturated heterocycles. The Morgan fingerprint density at radius 1 is 0.786 bits per heavy atom. The molecule has 0 bridgehead atoms. The molecule has 0 unspecified atom stereocenters. The third kappa shape index (κ3) is 4.92. The number of non-ortho nitro benzene ring substituents is 1. The Morgan fingerprint density at radius 3 is 1.93 bits per heavy atom. The fourth-order valence-electron chi connectivity index (χ4n) is 2.31. The minimum absolute atomic E-state index is 0.110. The molecule has 3 aromatic carbocycles. The molecule has 140 valence electrons. The molecule has 0 aliphatic carbocycles. The van der Waals surface area contributed by atoms with Crippen LogP contribution in [0, 0.1) is 10.1 Å². The predicted octanol–water partition coefficient (Wildman–Crippen LogP) is 4.46. The number of amides is 2. The van der Waals surface area contributed by atoms with Crippen molar-refractivity contribution < 1.29 is 19.2 Å². The molecule has 0 aliphatic rings. The number of nitro benzene ring substituents is 1. The molecule has 3 rings (SSSR count). The van der Waals surface area contributed by atoms with Crippen molar-refractivity contribution in [3.05, 3.63) is 94.5 Å². The Balaban J connectivity index is 1.57. The van der Waals surface area contributed by atoms with Crippen molar-refractivity contribution in [2.24, 2.45) is 0 Å². The topological polar surface area (TPSA) is 111 Å². The Hall–Kier alpha value is -4.20. The van der Waals surface area contributed by atoms with E-state index in [0.717, 1.165) is 0 Å². The van der Waals surface area contributed by atoms with Gasteiger partial charge >= 0.3 is 12.0 Å². The van der Waals surface area contributed by atoms with Crippen LogP contribution in [-0.4, -0.2) is 16.9 Å². The number of rotatable bonds is 5. The molecular formula is C20H15N3O5. The van der Waals surface area contributed by atoms with E-state index in [1.807, 2.05) is 18.2 Å². The number of nitrogens with one attached hydrogen (secondary N) is 2. The van der Waals surface area contributed by atoms with Crippen molar-refractivity contribution in [3.63, 3.8) is 0 Å². The van der Waals surface area contributed by atoms with E-state index in [-0.39, 0.29) is 17.0 Å². The lowest BCUT2D eigenvalue weighted by atomic mass is 10.2. The molecule has 0 radical (unpaired) electrons. The maximum Gasteiger partial charge on any atom is 0.343 e. The number of ether oxygens (including phenoxy) is 1. The van der Waals surface area contributed by atoms with Crippen molar-refractivity contribution >= 4 is 29.1 Å². The van der Waals surface area contributed by atoms with Gasteiger partial charge in [-0.15, -0.1) is 0 Å². The fourth-order valence-corrected chi connectivity index (χ4v) is 2.31. The zero-order valence-electron chi connectivity index (χ0n) is 14.5. The molecular weight excluding hydrogens is 362 g/mol. The maximum absolute atomic E-state index is 12.1. The van der Waals surface area contributed by atoms with Crippen LogP contribution in [0.15, 0.2) is 78.9 Å². The third-order valence-electron chi connectivity index (χ3n) is 3.67. The summed E-state index contributed by atoms with van der Waals surface area (Å²) < 4.78 is 5.22. The number of carbonyl (C=O) groups is 2. The number of nitro groups is 1. The molecule has 3 aromatic rings. The van der Waals surface area contributed by atoms with Crippen LogP contribution in [0.4, 0.5) is 21.9 Å². The molecule has 2 amide bonds. The van der Waals surface area contributed by atoms with Gasteiger partial charge in [0.15, 0.2) is 0 Å². The minimum atomic E-state index is -0.641. The second-order valence-electron chi connectivity index (χ2n) is 5.66. The van der Waals surface area contributed by atoms with Gasteiger partial charge in [-0.05, 0) is 48.5 Å². The number of nitrogens with zero attached hydrogens (tertiary/aromatic N) is 1. The average Bonchev–Trinajstić information content (AvgIpc) is 2.70. The van der Waals surface area contributed by atoms with E-state index in [2.05, 4.69) is 10.6 Å². The van der Waals surface area contributed by atoms with Gasteiger partial charge in [-0.25, -0.2) is 9.59 Å². The van der Waals surface area contributed by atoms with Gasteiger partial charge in [0.05, 0.1) is 10.5 Å². The van der Waals surface area contributed by atoms with Crippen LogP contribution < -0.4 is 15.4 Å². The third-order valence-corrected chi connectivity index (χ3v) is 3.67. The Bertz CT molecular complexity index is 987. The zero-order valence-corrected chi connectivity index (χ0v) is 14.5. The summed E-state index contributed by atoms with van der Waals surface area (Å²) in [5.74, 6) is -0.366. The van der Waals surface area contributed by atoms with Crippen LogP contribution in [-0.2, 0) is 0 Å². The molecule has 0 saturated carbocycles. The summed E-state index contributed by atoms with van der Waals surface area (Å²) in [7, 11) is 0. The van der Waals surface area contributed by atoms with Crippen molar-refractivity contribution in [3.8, 4) is 5.75 Å². The molecule has 8 nitrogen and oxygen atoms in total. The van der Waals surface area contributed by atoms with Gasteiger partial charge in [0, 0.05) is 23.5 Å². The molecule has 8 heteroatoms. The lowest BCUT2D eigenvalue weighted by Crippen LogP contribution is -2.19. The van der Waals surface area contributed by atoms with Gasteiger partial charge in [-0.3, -0.25) is 10.1 Å². The number of hydrogen-bond acceptors (Lipinski definition) is 5. The molecule has 0 aliphatic heterocycles. The summed E-state index contributed by atoms with van der Waals surface area (Å²) in [4.78, 5) is 34.1. The minimum Gasteiger partial charge on any atom is -0.423 e. The standard InChI is InChI=1S/C20H15N3O5/c24-19(14-6-10-17(11-7-14)23(26)27)28-18-12-8-16(9-13-18)22-20(25)21-15-4-2-1-3-5-15/h1-13H,(H2,21,22,25). The second-order valence-corrected chi connectivity index (χ2v) is 5.66. The SMILES string of the molecule is O=C(Nc1ccccc1)Nc1ccc(OC(=O)c2ccc([N+](=O)[O-])cc2)cc1. The first-order valence-electron chi connectivity index (χ1n) is 8.21. The predicted molar refractivity (Wildman–Crippen MR) is 104 cm³/mol. The van der Waals surface area contributed by atoms with E-state index in [1.165, 1.54) is 36.4 Å². The van der Waals surface area contributed by atoms with Crippen molar-refractivity contribution in [2.75, 3.05) is 10.6 Å². The first-order valence-corrected chi connectivity index (χ1v) is 8.21. The van der Waals surface area contributed by atoms with Gasteiger partial charge < -0.3 is 15.4 Å². The molecule has 0 fully saturated rings. The summed E-state index contributed by atoms with van der Waals surface area (Å²) in [6.45, 7) is 0. The number of para-hydroxylation sites is 1. The van der Waals surface area contributed by atoms with Gasteiger partial charge in [-0.1, -0.05) is 18.2 Å². The number of urea groups is 1. The van der Waals surface area contributed by atoms with E-state index in [4.69, 9.17) is 4.74 Å². The van der Waals surface area contributed by atoms with Gasteiger partial charge in [0.2, 0.25) is 0 Å². The van der Waals surface area contributed by atoms with Crippen LogP contribution in [0.1, 0.15) is 10.4 Å². The average molecular weight is 377 g/mol. The fraction of sp³-hybridized carbons (Fsp3) is 0. The number of hydrogen-bond donors (Lipinski definition) is 2. The zero-order chi connectivity index (χ0) is 19.9. The first-order chi connectivity index (χ1) is 13.5. The summed E-state index contributed by atoms with van der Waals surface area (Å²) in [5, 5.41) is 16.0. The van der Waals surface area contributed by atoms with E-state index in [1.54, 1.807) is 24.3 Å². The Morgan fingerprint density at radius 2 is 1.36 bits per heavy atom. The monoisotopic (exact) mass is 377 g/mol. The van der Waals surface area contributed by atoms with E-state index in [9.17, 15) is 19.7 Å². The highest BCUT2D eigenvalue weighted by Gasteiger charge is 2.12. The van der Waals surface area contributed by atoms with E-state index in [0.29, 0.717) is 11.4 Å². The molecule has 0 heterocycles. The van der Waals surface area contributed by atoms with Crippen LogP contribution in [0.3, 0.4) is 0 Å². The summed E-state index contributed by atoms with van der Waals surface area (Å²) >= 11 is 0. The van der Waals surface area contributed by atoms with Gasteiger partial charge in [0.1, 0.15) is 5.75 Å². The lowest BCUT2D eigenvalue weighted by Gasteiger charge is -2.09. The van der Waals surface area contributed by atoms with Crippen LogP contribution in [0.5, 0.6) is 5.75 Å². The molecule has 0 spiro atoms. The summed E-state index contributed by atoms with van der Waals surface area (Å²) in [6, 6.07) is 19.9. The van der Waals surface area contributed by atoms with Crippen LogP contribution in [0.25, 0.3) is 0 Å². The highest BCUT2D eigenvalue weighted by molar-refractivity contribution is 5.99. The smallest absolute Gasteiger partial charge is 0.343 e. The number of esters is 1. The van der Waals surface area contributed by atoms with Crippen molar-refractivity contribution in [2.45, 2.75) is 0 Å². The Kier molecular flexibility index (Phi) is 5.61. The van der Waals surface area contributed by atoms with Crippen LogP contribution in [0.2, 0.25) is 0 Å². The normalized spacial score (nSPS) is 10.0. The van der Waals surface area contributed by atoms with Crippen LogP contribution >= 0.6 is 0 Å². The first kappa shape index (κ1) is 18.6. The van der Waals surface area contributed by atoms with E-state index < -0.39 is 16.9 Å².